The Morgan fingerprint density at radius 3 is 2.67 bits per heavy atom. The van der Waals surface area contributed by atoms with E-state index in [1.807, 2.05) is 12.1 Å². The summed E-state index contributed by atoms with van der Waals surface area (Å²) in [5.74, 6) is 0. The quantitative estimate of drug-likeness (QED) is 0.782. The molecule has 0 saturated carbocycles. The molecule has 1 heterocycles. The van der Waals surface area contributed by atoms with Gasteiger partial charge in [0, 0.05) is 24.2 Å². The zero-order valence-corrected chi connectivity index (χ0v) is 9.12. The van der Waals surface area contributed by atoms with Crippen LogP contribution in [0.4, 0.5) is 5.69 Å². The minimum Gasteiger partial charge on any atom is -0.384 e. The van der Waals surface area contributed by atoms with Gasteiger partial charge in [0.15, 0.2) is 0 Å². The van der Waals surface area contributed by atoms with Gasteiger partial charge in [-0.15, -0.1) is 0 Å². The zero-order valence-electron chi connectivity index (χ0n) is 9.12. The molecule has 1 aliphatic heterocycles. The van der Waals surface area contributed by atoms with Gasteiger partial charge in [-0.05, 0) is 18.6 Å². The molecule has 1 aliphatic rings. The van der Waals surface area contributed by atoms with Crippen LogP contribution in [0.25, 0.3) is 0 Å². The summed E-state index contributed by atoms with van der Waals surface area (Å²) in [5.41, 5.74) is 8.37. The molecule has 15 heavy (non-hydrogen) atoms. The number of rotatable bonds is 4. The Bertz CT molecular complexity index is 329. The normalized spacial score (nSPS) is 18.3. The van der Waals surface area contributed by atoms with Crippen LogP contribution in [0.15, 0.2) is 24.3 Å². The molecule has 0 bridgehead atoms. The minimum atomic E-state index is 0.155. The van der Waals surface area contributed by atoms with Crippen LogP contribution in [0.5, 0.6) is 0 Å². The van der Waals surface area contributed by atoms with E-state index in [9.17, 15) is 0 Å². The van der Waals surface area contributed by atoms with Gasteiger partial charge in [0.1, 0.15) is 0 Å². The second kappa shape index (κ2) is 4.21. The minimum absolute atomic E-state index is 0.155. The molecule has 3 N–H and O–H groups in total. The third kappa shape index (κ3) is 2.13. The standard InChI is InChI=1S/C12H18N2O/c1-10-4-2-3-5-11(10)14-7-12(6-13)8-15-9-12/h2-5,14H,6-9,13H2,1H3. The number of aryl methyl sites for hydroxylation is 1. The van der Waals surface area contributed by atoms with Crippen molar-refractivity contribution < 1.29 is 4.74 Å². The molecule has 1 fully saturated rings. The summed E-state index contributed by atoms with van der Waals surface area (Å²) >= 11 is 0. The van der Waals surface area contributed by atoms with Crippen LogP contribution < -0.4 is 11.1 Å². The molecule has 0 atom stereocenters. The highest BCUT2D eigenvalue weighted by Gasteiger charge is 2.36. The maximum atomic E-state index is 5.75. The van der Waals surface area contributed by atoms with Gasteiger partial charge in [-0.25, -0.2) is 0 Å². The van der Waals surface area contributed by atoms with Crippen LogP contribution in [-0.2, 0) is 4.74 Å². The van der Waals surface area contributed by atoms with Crippen LogP contribution >= 0.6 is 0 Å². The van der Waals surface area contributed by atoms with E-state index in [2.05, 4.69) is 24.4 Å². The maximum absolute atomic E-state index is 5.75. The van der Waals surface area contributed by atoms with Crippen molar-refractivity contribution in [3.63, 3.8) is 0 Å². The van der Waals surface area contributed by atoms with Gasteiger partial charge in [0.2, 0.25) is 0 Å². The van der Waals surface area contributed by atoms with Gasteiger partial charge in [-0.2, -0.15) is 0 Å². The topological polar surface area (TPSA) is 47.3 Å². The lowest BCUT2D eigenvalue weighted by molar-refractivity contribution is -0.0979. The van der Waals surface area contributed by atoms with Gasteiger partial charge in [0.05, 0.1) is 13.2 Å². The molecule has 1 saturated heterocycles. The van der Waals surface area contributed by atoms with Crippen molar-refractivity contribution in [2.24, 2.45) is 11.1 Å². The fourth-order valence-electron chi connectivity index (χ4n) is 1.74. The average Bonchev–Trinajstić information content (AvgIpc) is 2.19. The molecular formula is C12H18N2O. The van der Waals surface area contributed by atoms with E-state index in [-0.39, 0.29) is 5.41 Å². The second-order valence-corrected chi connectivity index (χ2v) is 4.37. The summed E-state index contributed by atoms with van der Waals surface area (Å²) in [5, 5.41) is 3.45. The maximum Gasteiger partial charge on any atom is 0.0574 e. The molecule has 1 aromatic rings. The second-order valence-electron chi connectivity index (χ2n) is 4.37. The fourth-order valence-corrected chi connectivity index (χ4v) is 1.74. The Morgan fingerprint density at radius 2 is 2.13 bits per heavy atom. The van der Waals surface area contributed by atoms with Crippen LogP contribution in [0.2, 0.25) is 0 Å². The molecule has 82 valence electrons. The molecule has 0 radical (unpaired) electrons. The number of benzene rings is 1. The van der Waals surface area contributed by atoms with Crippen molar-refractivity contribution in [3.05, 3.63) is 29.8 Å². The van der Waals surface area contributed by atoms with Crippen molar-refractivity contribution in [2.45, 2.75) is 6.92 Å². The number of anilines is 1. The first kappa shape index (κ1) is 10.5. The largest absolute Gasteiger partial charge is 0.384 e. The lowest BCUT2D eigenvalue weighted by Gasteiger charge is -2.40. The molecule has 0 unspecified atom stereocenters. The van der Waals surface area contributed by atoms with E-state index in [1.54, 1.807) is 0 Å². The van der Waals surface area contributed by atoms with Crippen LogP contribution in [-0.4, -0.2) is 26.3 Å². The predicted octanol–water partition coefficient (Wildman–Crippen LogP) is 1.38. The summed E-state index contributed by atoms with van der Waals surface area (Å²) in [6.07, 6.45) is 0. The molecule has 0 aliphatic carbocycles. The first-order valence-corrected chi connectivity index (χ1v) is 5.33. The highest BCUT2D eigenvalue weighted by Crippen LogP contribution is 2.27. The number of ether oxygens (including phenoxy) is 1. The van der Waals surface area contributed by atoms with Gasteiger partial charge in [-0.3, -0.25) is 0 Å². The molecule has 0 amide bonds. The summed E-state index contributed by atoms with van der Waals surface area (Å²) in [7, 11) is 0. The van der Waals surface area contributed by atoms with E-state index in [4.69, 9.17) is 10.5 Å². The number of nitrogens with one attached hydrogen (secondary N) is 1. The Balaban J connectivity index is 1.95. The van der Waals surface area contributed by atoms with Crippen molar-refractivity contribution in [3.8, 4) is 0 Å². The SMILES string of the molecule is Cc1ccccc1NCC1(CN)COC1. The number of hydrogen-bond acceptors (Lipinski definition) is 3. The number of hydrogen-bond donors (Lipinski definition) is 2. The third-order valence-electron chi connectivity index (χ3n) is 3.05. The molecule has 0 spiro atoms. The lowest BCUT2D eigenvalue weighted by atomic mass is 9.86. The Kier molecular flexibility index (Phi) is 2.93. The molecule has 3 nitrogen and oxygen atoms in total. The fraction of sp³-hybridized carbons (Fsp3) is 0.500. The molecule has 0 aromatic heterocycles. The summed E-state index contributed by atoms with van der Waals surface area (Å²) in [4.78, 5) is 0. The van der Waals surface area contributed by atoms with Crippen LogP contribution in [0.3, 0.4) is 0 Å². The van der Waals surface area contributed by atoms with Crippen molar-refractivity contribution in [1.29, 1.82) is 0 Å². The zero-order chi connectivity index (χ0) is 10.7. The van der Waals surface area contributed by atoms with Crippen LogP contribution in [0.1, 0.15) is 5.56 Å². The average molecular weight is 206 g/mol. The molecule has 3 heteroatoms. The molecular weight excluding hydrogens is 188 g/mol. The monoisotopic (exact) mass is 206 g/mol. The summed E-state index contributed by atoms with van der Waals surface area (Å²) < 4.78 is 5.23. The molecule has 2 rings (SSSR count). The first-order valence-electron chi connectivity index (χ1n) is 5.33. The highest BCUT2D eigenvalue weighted by atomic mass is 16.5. The first-order chi connectivity index (χ1) is 7.26. The number of nitrogens with two attached hydrogens (primary N) is 1. The van der Waals surface area contributed by atoms with E-state index in [0.717, 1.165) is 19.8 Å². The van der Waals surface area contributed by atoms with E-state index in [1.165, 1.54) is 11.3 Å². The smallest absolute Gasteiger partial charge is 0.0574 e. The van der Waals surface area contributed by atoms with E-state index in [0.29, 0.717) is 6.54 Å². The number of para-hydroxylation sites is 1. The molecule has 1 aromatic carbocycles. The van der Waals surface area contributed by atoms with Crippen molar-refractivity contribution >= 4 is 5.69 Å². The van der Waals surface area contributed by atoms with Gasteiger partial charge >= 0.3 is 0 Å². The van der Waals surface area contributed by atoms with Crippen molar-refractivity contribution in [1.82, 2.24) is 0 Å². The Morgan fingerprint density at radius 1 is 1.40 bits per heavy atom. The summed E-state index contributed by atoms with van der Waals surface area (Å²) in [6, 6.07) is 8.29. The van der Waals surface area contributed by atoms with E-state index < -0.39 is 0 Å². The third-order valence-corrected chi connectivity index (χ3v) is 3.05. The Labute approximate surface area is 90.6 Å². The van der Waals surface area contributed by atoms with Crippen molar-refractivity contribution in [2.75, 3.05) is 31.6 Å². The van der Waals surface area contributed by atoms with Gasteiger partial charge in [-0.1, -0.05) is 18.2 Å². The van der Waals surface area contributed by atoms with Gasteiger partial charge < -0.3 is 15.8 Å². The summed E-state index contributed by atoms with van der Waals surface area (Å²) in [6.45, 7) is 5.25. The predicted molar refractivity (Wildman–Crippen MR) is 62.0 cm³/mol. The lowest BCUT2D eigenvalue weighted by Crippen LogP contribution is -2.52. The van der Waals surface area contributed by atoms with Gasteiger partial charge in [0.25, 0.3) is 0 Å². The van der Waals surface area contributed by atoms with Crippen LogP contribution in [0, 0.1) is 12.3 Å². The Hall–Kier alpha value is -1.06. The van der Waals surface area contributed by atoms with E-state index >= 15 is 0 Å². The highest BCUT2D eigenvalue weighted by molar-refractivity contribution is 5.50.